The molecule has 0 radical (unpaired) electrons. The minimum Gasteiger partial charge on any atom is -0.157 e. The maximum absolute atomic E-state index is 2.41. The van der Waals surface area contributed by atoms with Gasteiger partial charge in [-0.1, -0.05) is 121 Å². The van der Waals surface area contributed by atoms with Crippen molar-refractivity contribution in [3.05, 3.63) is 88.0 Å². The molecule has 4 rings (SSSR count). The molecule has 2 aliphatic carbocycles. The third kappa shape index (κ3) is 8.14. The van der Waals surface area contributed by atoms with E-state index in [1.165, 1.54) is 66.7 Å². The fraction of sp³-hybridized carbons (Fsp3) is 0.529. The summed E-state index contributed by atoms with van der Waals surface area (Å²) >= 11 is 2.11. The van der Waals surface area contributed by atoms with Crippen molar-refractivity contribution in [1.82, 2.24) is 0 Å². The van der Waals surface area contributed by atoms with E-state index < -0.39 is 0 Å². The summed E-state index contributed by atoms with van der Waals surface area (Å²) < 4.78 is 0. The second kappa shape index (κ2) is 16.1. The van der Waals surface area contributed by atoms with Crippen LogP contribution in [0.25, 0.3) is 5.57 Å². The van der Waals surface area contributed by atoms with Gasteiger partial charge in [-0.2, -0.15) is 11.8 Å². The van der Waals surface area contributed by atoms with Crippen LogP contribution in [0.15, 0.2) is 71.3 Å². The highest BCUT2D eigenvalue weighted by Crippen LogP contribution is 2.46. The van der Waals surface area contributed by atoms with Gasteiger partial charge >= 0.3 is 0 Å². The number of allylic oxidation sites excluding steroid dienone is 3. The van der Waals surface area contributed by atoms with Crippen LogP contribution in [-0.2, 0) is 6.42 Å². The summed E-state index contributed by atoms with van der Waals surface area (Å²) in [6.45, 7) is 15.1. The molecule has 0 bridgehead atoms. The molecule has 0 atom stereocenters. The second-order valence-corrected chi connectivity index (χ2v) is 10.8. The zero-order chi connectivity index (χ0) is 25.6. The number of hydrogen-bond acceptors (Lipinski definition) is 1. The van der Waals surface area contributed by atoms with E-state index in [9.17, 15) is 0 Å². The van der Waals surface area contributed by atoms with Gasteiger partial charge in [0.2, 0.25) is 0 Å². The number of benzene rings is 2. The summed E-state index contributed by atoms with van der Waals surface area (Å²) in [4.78, 5) is 0. The fourth-order valence-electron chi connectivity index (χ4n) is 5.65. The van der Waals surface area contributed by atoms with Crippen LogP contribution in [0, 0.1) is 11.8 Å². The van der Waals surface area contributed by atoms with Gasteiger partial charge in [-0.15, -0.1) is 0 Å². The van der Waals surface area contributed by atoms with Crippen molar-refractivity contribution in [3.8, 4) is 0 Å². The van der Waals surface area contributed by atoms with Crippen molar-refractivity contribution in [2.24, 2.45) is 11.8 Å². The van der Waals surface area contributed by atoms with Crippen LogP contribution in [0.1, 0.15) is 104 Å². The molecule has 1 fully saturated rings. The normalized spacial score (nSPS) is 16.1. The molecule has 0 aromatic heterocycles. The highest BCUT2D eigenvalue weighted by molar-refractivity contribution is 7.99. The third-order valence-electron chi connectivity index (χ3n) is 7.11. The quantitative estimate of drug-likeness (QED) is 0.354. The lowest BCUT2D eigenvalue weighted by atomic mass is 9.75. The van der Waals surface area contributed by atoms with Gasteiger partial charge in [-0.3, -0.25) is 0 Å². The van der Waals surface area contributed by atoms with Crippen molar-refractivity contribution in [1.29, 1.82) is 0 Å². The fourth-order valence-corrected chi connectivity index (χ4v) is 6.40. The topological polar surface area (TPSA) is 0 Å². The van der Waals surface area contributed by atoms with Gasteiger partial charge < -0.3 is 0 Å². The predicted octanol–water partition coefficient (Wildman–Crippen LogP) is 10.8. The van der Waals surface area contributed by atoms with Crippen LogP contribution in [0.3, 0.4) is 0 Å². The molecule has 2 aromatic rings. The third-order valence-corrected chi connectivity index (χ3v) is 8.01. The van der Waals surface area contributed by atoms with Crippen molar-refractivity contribution >= 4 is 17.3 Å². The number of rotatable bonds is 8. The highest BCUT2D eigenvalue weighted by atomic mass is 32.2. The SMILES string of the molecule is CC.CC.CCSCC1=C(C2CCCC2)CCC(c2ccc(Cc3ccccc3)cc2)=C1C(C)C. The Morgan fingerprint density at radius 1 is 0.800 bits per heavy atom. The van der Waals surface area contributed by atoms with E-state index in [2.05, 4.69) is 87.1 Å². The van der Waals surface area contributed by atoms with Crippen molar-refractivity contribution in [2.45, 2.75) is 93.4 Å². The van der Waals surface area contributed by atoms with Gasteiger partial charge in [-0.25, -0.2) is 0 Å². The molecule has 0 aliphatic heterocycles. The largest absolute Gasteiger partial charge is 0.157 e. The zero-order valence-electron chi connectivity index (χ0n) is 23.6. The number of thioether (sulfide) groups is 1. The van der Waals surface area contributed by atoms with E-state index in [0.29, 0.717) is 5.92 Å². The lowest BCUT2D eigenvalue weighted by molar-refractivity contribution is 0.595. The molecule has 1 heteroatoms. The van der Waals surface area contributed by atoms with E-state index in [1.54, 1.807) is 16.7 Å². The first-order chi connectivity index (χ1) is 17.2. The van der Waals surface area contributed by atoms with Crippen molar-refractivity contribution in [3.63, 3.8) is 0 Å². The van der Waals surface area contributed by atoms with E-state index in [1.807, 2.05) is 33.3 Å². The Bertz CT molecular complexity index is 909. The van der Waals surface area contributed by atoms with Gasteiger partial charge in [0.1, 0.15) is 0 Å². The van der Waals surface area contributed by atoms with Crippen LogP contribution in [0.4, 0.5) is 0 Å². The Labute approximate surface area is 221 Å². The summed E-state index contributed by atoms with van der Waals surface area (Å²) in [5, 5.41) is 0. The molecule has 0 unspecified atom stereocenters. The van der Waals surface area contributed by atoms with Gasteiger partial charge in [0, 0.05) is 5.75 Å². The molecule has 0 nitrogen and oxygen atoms in total. The molecule has 0 spiro atoms. The highest BCUT2D eigenvalue weighted by Gasteiger charge is 2.29. The van der Waals surface area contributed by atoms with Crippen LogP contribution in [-0.4, -0.2) is 11.5 Å². The molecule has 0 heterocycles. The Hall–Kier alpha value is -1.73. The molecular weight excluding hydrogens is 440 g/mol. The predicted molar refractivity (Wildman–Crippen MR) is 161 cm³/mol. The van der Waals surface area contributed by atoms with Gasteiger partial charge in [0.15, 0.2) is 0 Å². The molecule has 192 valence electrons. The van der Waals surface area contributed by atoms with Crippen LogP contribution < -0.4 is 0 Å². The summed E-state index contributed by atoms with van der Waals surface area (Å²) in [7, 11) is 0. The maximum atomic E-state index is 2.41. The van der Waals surface area contributed by atoms with Crippen LogP contribution >= 0.6 is 11.8 Å². The van der Waals surface area contributed by atoms with Crippen LogP contribution in [0.2, 0.25) is 0 Å². The van der Waals surface area contributed by atoms with Gasteiger partial charge in [0.05, 0.1) is 0 Å². The molecule has 35 heavy (non-hydrogen) atoms. The summed E-state index contributed by atoms with van der Waals surface area (Å²) in [6, 6.07) is 20.3. The molecule has 0 amide bonds. The molecule has 1 saturated carbocycles. The van der Waals surface area contributed by atoms with Crippen molar-refractivity contribution < 1.29 is 0 Å². The standard InChI is InChI=1S/C30H38S.2C2H6/c1-4-31-21-29-27(25-12-8-9-13-25)18-19-28(30(29)22(2)3)26-16-14-24(15-17-26)20-23-10-6-5-7-11-23;2*1-2/h5-7,10-11,14-17,22,25H,4,8-9,12-13,18-21H2,1-3H3;2*1-2H3. The molecule has 0 N–H and O–H groups in total. The number of hydrogen-bond donors (Lipinski definition) is 0. The first-order valence-electron chi connectivity index (χ1n) is 14.3. The molecule has 2 aromatic carbocycles. The average molecular weight is 491 g/mol. The Morgan fingerprint density at radius 3 is 1.97 bits per heavy atom. The van der Waals surface area contributed by atoms with Gasteiger partial charge in [-0.05, 0) is 83.1 Å². The lowest BCUT2D eigenvalue weighted by Gasteiger charge is -2.32. The Morgan fingerprint density at radius 2 is 1.40 bits per heavy atom. The molecule has 0 saturated heterocycles. The monoisotopic (exact) mass is 490 g/mol. The van der Waals surface area contributed by atoms with Crippen molar-refractivity contribution in [2.75, 3.05) is 11.5 Å². The van der Waals surface area contributed by atoms with E-state index in [0.717, 1.165) is 12.3 Å². The summed E-state index contributed by atoms with van der Waals surface area (Å²) in [6.07, 6.45) is 9.22. The zero-order valence-corrected chi connectivity index (χ0v) is 24.4. The van der Waals surface area contributed by atoms with Gasteiger partial charge in [0.25, 0.3) is 0 Å². The average Bonchev–Trinajstić information content (AvgIpc) is 3.45. The first kappa shape index (κ1) is 29.5. The van der Waals surface area contributed by atoms with E-state index in [4.69, 9.17) is 0 Å². The Kier molecular flexibility index (Phi) is 13.6. The first-order valence-corrected chi connectivity index (χ1v) is 15.5. The minimum atomic E-state index is 0.586. The van der Waals surface area contributed by atoms with E-state index in [-0.39, 0.29) is 0 Å². The molecular formula is C34H50S. The van der Waals surface area contributed by atoms with Crippen LogP contribution in [0.5, 0.6) is 0 Å². The smallest absolute Gasteiger partial charge is 0.0187 e. The molecule has 2 aliphatic rings. The maximum Gasteiger partial charge on any atom is 0.0187 e. The minimum absolute atomic E-state index is 0.586. The second-order valence-electron chi connectivity index (χ2n) is 9.53. The summed E-state index contributed by atoms with van der Waals surface area (Å²) in [5.41, 5.74) is 11.1. The summed E-state index contributed by atoms with van der Waals surface area (Å²) in [5.74, 6) is 3.85. The Balaban J connectivity index is 0.00000103. The lowest BCUT2D eigenvalue weighted by Crippen LogP contribution is -2.16. The van der Waals surface area contributed by atoms with E-state index >= 15 is 0 Å².